The number of aromatic nitrogens is 10. The molecule has 15 aromatic rings. The number of benzene rings is 5. The number of hydrogen-bond acceptors (Lipinski definition) is 13. The maximum atomic E-state index is 13.0. The van der Waals surface area contributed by atoms with Crippen molar-refractivity contribution >= 4 is 68.7 Å². The number of hydrogen-bond donors (Lipinski definition) is 5. The first-order chi connectivity index (χ1) is 49.0. The number of ether oxygens (including phenoxy) is 1. The Bertz CT molecular complexity index is 5410. The third-order valence-electron chi connectivity index (χ3n) is 16.4. The highest BCUT2D eigenvalue weighted by Crippen LogP contribution is 2.36. The molecule has 520 valence electrons. The molecule has 0 aliphatic heterocycles. The zero-order valence-corrected chi connectivity index (χ0v) is 57.5. The topological polar surface area (TPSA) is 240 Å². The lowest BCUT2D eigenvalue weighted by Crippen LogP contribution is -2.07. The predicted molar refractivity (Wildman–Crippen MR) is 385 cm³/mol. The summed E-state index contributed by atoms with van der Waals surface area (Å²) in [5.41, 5.74) is 17.1. The molecule has 26 heteroatoms. The second-order valence-corrected chi connectivity index (χ2v) is 24.7. The van der Waals surface area contributed by atoms with Gasteiger partial charge >= 0.3 is 6.18 Å². The number of pyridine rings is 5. The summed E-state index contributed by atoms with van der Waals surface area (Å²) in [5, 5.41) is 60.8. The van der Waals surface area contributed by atoms with Crippen molar-refractivity contribution in [2.45, 2.75) is 66.9 Å². The second-order valence-electron chi connectivity index (χ2n) is 23.4. The summed E-state index contributed by atoms with van der Waals surface area (Å²) in [6.45, 7) is 7.04. The number of nitro benzene ring substituents is 1. The molecule has 0 saturated heterocycles. The summed E-state index contributed by atoms with van der Waals surface area (Å²) in [5.74, 6) is 0.313. The second kappa shape index (κ2) is 31.4. The van der Waals surface area contributed by atoms with E-state index >= 15 is 0 Å². The molecule has 0 fully saturated rings. The van der Waals surface area contributed by atoms with Crippen molar-refractivity contribution in [3.63, 3.8) is 0 Å². The smallest absolute Gasteiger partial charge is 0.417 e. The van der Waals surface area contributed by atoms with Gasteiger partial charge in [-0.25, -0.2) is 29.3 Å². The van der Waals surface area contributed by atoms with Crippen molar-refractivity contribution in [3.8, 4) is 62.0 Å². The van der Waals surface area contributed by atoms with Crippen LogP contribution in [0.5, 0.6) is 5.75 Å². The lowest BCUT2D eigenvalue weighted by Gasteiger charge is -2.08. The minimum atomic E-state index is -4.46. The molecule has 0 aliphatic rings. The van der Waals surface area contributed by atoms with Gasteiger partial charge in [-0.1, -0.05) is 95.5 Å². The number of aryl methyl sites for hydroxylation is 4. The number of halogens is 7. The minimum Gasteiger partial charge on any atom is -0.497 e. The molecule has 10 aromatic heterocycles. The van der Waals surface area contributed by atoms with E-state index in [1.807, 2.05) is 149 Å². The van der Waals surface area contributed by atoms with Crippen LogP contribution in [0.2, 0.25) is 15.1 Å². The number of methoxy groups -OCH3 is 1. The summed E-state index contributed by atoms with van der Waals surface area (Å²) in [6, 6.07) is 49.9. The monoisotopic (exact) mass is 1440 g/mol. The van der Waals surface area contributed by atoms with Gasteiger partial charge in [0.25, 0.3) is 5.69 Å². The van der Waals surface area contributed by atoms with Gasteiger partial charge in [0.2, 0.25) is 0 Å². The van der Waals surface area contributed by atoms with Crippen LogP contribution in [0.25, 0.3) is 84.5 Å². The van der Waals surface area contributed by atoms with Gasteiger partial charge in [0.05, 0.1) is 113 Å². The number of nitrogens with zero attached hydrogens (tertiary/aromatic N) is 11. The first-order valence-electron chi connectivity index (χ1n) is 31.4. The van der Waals surface area contributed by atoms with Gasteiger partial charge in [0.1, 0.15) is 39.8 Å². The van der Waals surface area contributed by atoms with Gasteiger partial charge in [-0.15, -0.1) is 0 Å². The van der Waals surface area contributed by atoms with E-state index in [1.165, 1.54) is 41.8 Å². The van der Waals surface area contributed by atoms with Crippen molar-refractivity contribution in [3.05, 3.63) is 294 Å². The number of rotatable bonds is 12. The van der Waals surface area contributed by atoms with E-state index in [4.69, 9.17) is 39.5 Å². The number of nitro groups is 1. The quantitative estimate of drug-likeness (QED) is 0.0435. The van der Waals surface area contributed by atoms with Gasteiger partial charge in [-0.3, -0.25) is 10.1 Å². The third kappa shape index (κ3) is 15.8. The Morgan fingerprint density at radius 3 is 1.20 bits per heavy atom. The number of aliphatic hydroxyl groups is 5. The van der Waals surface area contributed by atoms with Crippen LogP contribution in [0.3, 0.4) is 0 Å². The summed E-state index contributed by atoms with van der Waals surface area (Å²) >= 11 is 18.1. The van der Waals surface area contributed by atoms with Gasteiger partial charge in [0, 0.05) is 81.0 Å². The van der Waals surface area contributed by atoms with E-state index in [0.29, 0.717) is 88.8 Å². The number of imidazole rings is 5. The summed E-state index contributed by atoms with van der Waals surface area (Å²) < 4.78 is 65.5. The maximum absolute atomic E-state index is 13.0. The number of non-ortho nitro benzene ring substituents is 1. The molecule has 0 unspecified atom stereocenters. The fourth-order valence-electron chi connectivity index (χ4n) is 11.4. The zero-order chi connectivity index (χ0) is 72.7. The molecule has 5 aromatic carbocycles. The standard InChI is InChI=1S/C16H13F3N2O2.C15H12Cl2N2O.C15H13ClN2O.C15H13FN2O.C15H13N3O3/c1-23-12-4-2-3-10(7-12)15-13(9-22)21-8-11(16(17,18)19)5-6-14(21)20-15;1-9-2-5-14-18-15(13(8-20)19(14)7-9)11-4-3-10(16)6-12(11)17;2*1-10-2-7-14-17-15(13(9-19)18(14)8-10)11-3-5-12(16)6-4-11;1-10-5-6-14-16-15(13(9-19)17(14)8-10)11-3-2-4-12(7-11)18(20)21/h2-8,22H,9H2,1H3;2-7,20H,8H2,1H3;2*2-8,19H,9H2,1H3;2-8,19H,9H2,1H3. The molecule has 0 spiro atoms. The fourth-order valence-corrected chi connectivity index (χ4v) is 12.0. The molecule has 5 N–H and O–H groups in total. The molecule has 0 aliphatic carbocycles. The Kier molecular flexibility index (Phi) is 22.3. The molecule has 19 nitrogen and oxygen atoms in total. The maximum Gasteiger partial charge on any atom is 0.417 e. The van der Waals surface area contributed by atoms with E-state index in [2.05, 4.69) is 24.9 Å². The normalized spacial score (nSPS) is 11.3. The molecule has 10 heterocycles. The fraction of sp³-hybridized carbons (Fsp3) is 0.145. The van der Waals surface area contributed by atoms with E-state index in [9.17, 15) is 53.2 Å². The van der Waals surface area contributed by atoms with E-state index in [0.717, 1.165) is 79.5 Å². The molecule has 0 atom stereocenters. The molecule has 0 saturated carbocycles. The largest absolute Gasteiger partial charge is 0.497 e. The SMILES string of the molecule is COc1cccc(-c2nc3ccc(C(F)(F)F)cn3c2CO)c1.Cc1ccc2nc(-c3ccc(Cl)cc3)c(CO)n2c1.Cc1ccc2nc(-c3ccc(Cl)cc3Cl)c(CO)n2c1.Cc1ccc2nc(-c3ccc(F)cc3)c(CO)n2c1.Cc1ccc2nc(-c3cccc([N+](=O)[O-])c3)c(CO)n2c1. The van der Waals surface area contributed by atoms with Gasteiger partial charge in [-0.2, -0.15) is 13.2 Å². The Labute approximate surface area is 595 Å². The Hall–Kier alpha value is -10.9. The van der Waals surface area contributed by atoms with Crippen molar-refractivity contribution in [2.75, 3.05) is 7.11 Å². The van der Waals surface area contributed by atoms with Gasteiger partial charge < -0.3 is 52.3 Å². The van der Waals surface area contributed by atoms with E-state index in [1.54, 1.807) is 60.7 Å². The van der Waals surface area contributed by atoms with Crippen LogP contribution in [0.1, 0.15) is 56.3 Å². The predicted octanol–water partition coefficient (Wildman–Crippen LogP) is 16.7. The molecule has 15 rings (SSSR count). The highest BCUT2D eigenvalue weighted by molar-refractivity contribution is 6.36. The van der Waals surface area contributed by atoms with Crippen LogP contribution < -0.4 is 4.74 Å². The molecule has 0 bridgehead atoms. The van der Waals surface area contributed by atoms with Crippen molar-refractivity contribution in [2.24, 2.45) is 0 Å². The molecule has 0 radical (unpaired) electrons. The van der Waals surface area contributed by atoms with Crippen molar-refractivity contribution in [1.29, 1.82) is 0 Å². The van der Waals surface area contributed by atoms with E-state index in [-0.39, 0.29) is 37.9 Å². The summed E-state index contributed by atoms with van der Waals surface area (Å²) in [7, 11) is 1.52. The molecule has 102 heavy (non-hydrogen) atoms. The van der Waals surface area contributed by atoms with Gasteiger partial charge in [-0.05, 0) is 153 Å². The average molecular weight is 1440 g/mol. The lowest BCUT2D eigenvalue weighted by atomic mass is 10.1. The third-order valence-corrected chi connectivity index (χ3v) is 17.1. The summed E-state index contributed by atoms with van der Waals surface area (Å²) in [6.07, 6.45) is 4.23. The first kappa shape index (κ1) is 72.4. The Morgan fingerprint density at radius 2 is 0.794 bits per heavy atom. The molecule has 0 amide bonds. The van der Waals surface area contributed by atoms with Crippen LogP contribution in [-0.2, 0) is 39.2 Å². The van der Waals surface area contributed by atoms with Crippen LogP contribution in [0, 0.1) is 43.6 Å². The lowest BCUT2D eigenvalue weighted by molar-refractivity contribution is -0.384. The number of fused-ring (bicyclic) bond motifs is 5. The van der Waals surface area contributed by atoms with Crippen LogP contribution in [-0.4, -0.2) is 84.5 Å². The average Bonchev–Trinajstić information content (AvgIpc) is 1.64. The Balaban J connectivity index is 0.000000128. The van der Waals surface area contributed by atoms with Crippen LogP contribution >= 0.6 is 34.8 Å². The minimum absolute atomic E-state index is 0.00428. The van der Waals surface area contributed by atoms with Crippen molar-refractivity contribution < 1.29 is 52.8 Å². The van der Waals surface area contributed by atoms with E-state index < -0.39 is 23.3 Å². The number of aliphatic hydroxyl groups excluding tert-OH is 5. The van der Waals surface area contributed by atoms with Gasteiger partial charge in [0.15, 0.2) is 0 Å². The van der Waals surface area contributed by atoms with Crippen molar-refractivity contribution in [1.82, 2.24) is 46.9 Å². The highest BCUT2D eigenvalue weighted by Gasteiger charge is 2.32. The first-order valence-corrected chi connectivity index (χ1v) is 32.5. The number of alkyl halides is 3. The molecular formula is C76H64Cl3F4N11O8. The van der Waals surface area contributed by atoms with Crippen LogP contribution in [0.15, 0.2) is 207 Å². The Morgan fingerprint density at radius 1 is 0.431 bits per heavy atom. The summed E-state index contributed by atoms with van der Waals surface area (Å²) in [4.78, 5) is 32.9. The zero-order valence-electron chi connectivity index (χ0n) is 55.2. The highest BCUT2D eigenvalue weighted by atomic mass is 35.5. The van der Waals surface area contributed by atoms with Crippen LogP contribution in [0.4, 0.5) is 23.2 Å². The molecular weight excluding hydrogens is 1380 g/mol.